The molecule has 2 heterocycles. The second kappa shape index (κ2) is 9.65. The standard InChI is InChI=1S/C26H28N8O2/c1-36-21-11-20(28)17(12-27)10-19(21)26(35)30-13-15-6-8-16(9-7-15)23-22-24(29)31-14-32-25(22)34(33-23)18-4-2-3-5-18/h6-12,14,18,27H,2-5,13,28H2,1H3,(H,30,35)(H2,29,31,32). The van der Waals surface area contributed by atoms with Crippen molar-refractivity contribution in [1.82, 2.24) is 25.1 Å². The fraction of sp³-hybridized carbons (Fsp3) is 0.269. The molecule has 4 aromatic rings. The van der Waals surface area contributed by atoms with Crippen LogP contribution in [0.15, 0.2) is 42.7 Å². The molecule has 6 N–H and O–H groups in total. The Morgan fingerprint density at radius 1 is 1.19 bits per heavy atom. The Balaban J connectivity index is 1.37. The van der Waals surface area contributed by atoms with Crippen LogP contribution in [0.3, 0.4) is 0 Å². The van der Waals surface area contributed by atoms with Crippen molar-refractivity contribution in [2.45, 2.75) is 38.3 Å². The molecule has 1 amide bonds. The molecule has 10 nitrogen and oxygen atoms in total. The van der Waals surface area contributed by atoms with Gasteiger partial charge < -0.3 is 26.9 Å². The number of fused-ring (bicyclic) bond motifs is 1. The van der Waals surface area contributed by atoms with Crippen molar-refractivity contribution in [3.05, 3.63) is 59.4 Å². The van der Waals surface area contributed by atoms with Crippen LogP contribution in [0, 0.1) is 5.41 Å². The Kier molecular flexibility index (Phi) is 6.24. The number of nitrogens with one attached hydrogen (secondary N) is 2. The number of carbonyl (C=O) groups excluding carboxylic acids is 1. The molecule has 0 aliphatic heterocycles. The van der Waals surface area contributed by atoms with Gasteiger partial charge in [-0.15, -0.1) is 0 Å². The van der Waals surface area contributed by atoms with Gasteiger partial charge in [0.25, 0.3) is 5.91 Å². The van der Waals surface area contributed by atoms with Crippen LogP contribution in [-0.4, -0.2) is 39.0 Å². The number of benzene rings is 2. The number of aromatic nitrogens is 4. The first kappa shape index (κ1) is 23.3. The summed E-state index contributed by atoms with van der Waals surface area (Å²) < 4.78 is 7.31. The van der Waals surface area contributed by atoms with Crippen molar-refractivity contribution in [3.8, 4) is 17.0 Å². The van der Waals surface area contributed by atoms with Crippen molar-refractivity contribution < 1.29 is 9.53 Å². The van der Waals surface area contributed by atoms with E-state index >= 15 is 0 Å². The van der Waals surface area contributed by atoms with Crippen molar-refractivity contribution in [3.63, 3.8) is 0 Å². The molecule has 36 heavy (non-hydrogen) atoms. The van der Waals surface area contributed by atoms with Crippen LogP contribution in [0.4, 0.5) is 11.5 Å². The van der Waals surface area contributed by atoms with Crippen LogP contribution in [-0.2, 0) is 6.54 Å². The van der Waals surface area contributed by atoms with E-state index in [0.29, 0.717) is 41.0 Å². The van der Waals surface area contributed by atoms with Crippen LogP contribution in [0.5, 0.6) is 5.75 Å². The van der Waals surface area contributed by atoms with Gasteiger partial charge in [-0.2, -0.15) is 5.10 Å². The summed E-state index contributed by atoms with van der Waals surface area (Å²) in [5, 5.41) is 16.1. The van der Waals surface area contributed by atoms with E-state index in [2.05, 4.69) is 15.3 Å². The van der Waals surface area contributed by atoms with E-state index in [0.717, 1.165) is 46.9 Å². The number of rotatable bonds is 7. The molecule has 2 aromatic carbocycles. The van der Waals surface area contributed by atoms with Gasteiger partial charge in [0, 0.05) is 35.6 Å². The summed E-state index contributed by atoms with van der Waals surface area (Å²) in [7, 11) is 1.48. The van der Waals surface area contributed by atoms with Crippen LogP contribution < -0.4 is 21.5 Å². The van der Waals surface area contributed by atoms with Crippen molar-refractivity contribution in [2.24, 2.45) is 0 Å². The largest absolute Gasteiger partial charge is 0.496 e. The molecular weight excluding hydrogens is 456 g/mol. The smallest absolute Gasteiger partial charge is 0.255 e. The second-order valence-corrected chi connectivity index (χ2v) is 8.89. The number of hydrogen-bond donors (Lipinski definition) is 4. The van der Waals surface area contributed by atoms with Crippen molar-refractivity contribution in [1.29, 1.82) is 5.41 Å². The Labute approximate surface area is 208 Å². The normalized spacial score (nSPS) is 13.7. The van der Waals surface area contributed by atoms with E-state index in [1.54, 1.807) is 12.1 Å². The molecule has 1 aliphatic carbocycles. The van der Waals surface area contributed by atoms with Gasteiger partial charge in [-0.1, -0.05) is 37.1 Å². The van der Waals surface area contributed by atoms with E-state index in [1.165, 1.54) is 26.3 Å². The number of methoxy groups -OCH3 is 1. The predicted octanol–water partition coefficient (Wildman–Crippen LogP) is 3.71. The van der Waals surface area contributed by atoms with Gasteiger partial charge in [0.15, 0.2) is 5.65 Å². The van der Waals surface area contributed by atoms with Crippen LogP contribution in [0.2, 0.25) is 0 Å². The Morgan fingerprint density at radius 2 is 1.94 bits per heavy atom. The lowest BCUT2D eigenvalue weighted by molar-refractivity contribution is 0.0948. The summed E-state index contributed by atoms with van der Waals surface area (Å²) in [6, 6.07) is 11.2. The van der Waals surface area contributed by atoms with Gasteiger partial charge in [-0.25, -0.2) is 14.6 Å². The number of nitrogens with two attached hydrogens (primary N) is 2. The van der Waals surface area contributed by atoms with Gasteiger partial charge in [0.05, 0.1) is 24.1 Å². The van der Waals surface area contributed by atoms with E-state index < -0.39 is 0 Å². The minimum absolute atomic E-state index is 0.315. The summed E-state index contributed by atoms with van der Waals surface area (Å²) in [6.45, 7) is 0.315. The van der Waals surface area contributed by atoms with Crippen molar-refractivity contribution >= 4 is 34.7 Å². The molecule has 10 heteroatoms. The van der Waals surface area contributed by atoms with Gasteiger partial charge in [-0.3, -0.25) is 4.79 Å². The molecule has 0 spiro atoms. The number of carbonyl (C=O) groups is 1. The molecule has 1 saturated carbocycles. The molecule has 1 fully saturated rings. The SMILES string of the molecule is COc1cc(N)c(C=N)cc1C(=O)NCc1ccc(-c2nn(C3CCCC3)c3ncnc(N)c23)cc1. The molecule has 2 aromatic heterocycles. The van der Waals surface area contributed by atoms with Crippen LogP contribution in [0.1, 0.15) is 53.2 Å². The zero-order valence-corrected chi connectivity index (χ0v) is 20.0. The molecule has 0 saturated heterocycles. The monoisotopic (exact) mass is 484 g/mol. The highest BCUT2D eigenvalue weighted by molar-refractivity contribution is 6.00. The maximum Gasteiger partial charge on any atom is 0.255 e. The number of nitrogen functional groups attached to an aromatic ring is 2. The maximum atomic E-state index is 12.8. The molecule has 0 bridgehead atoms. The van der Waals surface area contributed by atoms with Gasteiger partial charge in [0.1, 0.15) is 23.6 Å². The number of hydrogen-bond acceptors (Lipinski definition) is 8. The molecular formula is C26H28N8O2. The Hall–Kier alpha value is -4.47. The first-order valence-corrected chi connectivity index (χ1v) is 11.8. The molecule has 0 unspecified atom stereocenters. The van der Waals surface area contributed by atoms with E-state index in [-0.39, 0.29) is 5.91 Å². The van der Waals surface area contributed by atoms with E-state index in [1.807, 2.05) is 28.9 Å². The lowest BCUT2D eigenvalue weighted by atomic mass is 10.1. The highest BCUT2D eigenvalue weighted by Gasteiger charge is 2.24. The first-order valence-electron chi connectivity index (χ1n) is 11.8. The summed E-state index contributed by atoms with van der Waals surface area (Å²) >= 11 is 0. The fourth-order valence-electron chi connectivity index (χ4n) is 4.74. The number of nitrogens with zero attached hydrogens (tertiary/aromatic N) is 4. The highest BCUT2D eigenvalue weighted by Crippen LogP contribution is 2.36. The zero-order chi connectivity index (χ0) is 25.2. The number of anilines is 2. The molecule has 1 aliphatic rings. The Bertz CT molecular complexity index is 1440. The summed E-state index contributed by atoms with van der Waals surface area (Å²) in [4.78, 5) is 21.5. The number of amides is 1. The summed E-state index contributed by atoms with van der Waals surface area (Å²) in [6.07, 6.45) is 7.14. The lowest BCUT2D eigenvalue weighted by Crippen LogP contribution is -2.23. The number of ether oxygens (including phenoxy) is 1. The third-order valence-electron chi connectivity index (χ3n) is 6.67. The van der Waals surface area contributed by atoms with E-state index in [4.69, 9.17) is 26.7 Å². The molecule has 184 valence electrons. The zero-order valence-electron chi connectivity index (χ0n) is 20.0. The first-order chi connectivity index (χ1) is 17.5. The molecule has 0 atom stereocenters. The van der Waals surface area contributed by atoms with Gasteiger partial charge >= 0.3 is 0 Å². The maximum absolute atomic E-state index is 12.8. The van der Waals surface area contributed by atoms with Crippen molar-refractivity contribution in [2.75, 3.05) is 18.6 Å². The third-order valence-corrected chi connectivity index (χ3v) is 6.67. The lowest BCUT2D eigenvalue weighted by Gasteiger charge is -2.12. The average molecular weight is 485 g/mol. The predicted molar refractivity (Wildman–Crippen MR) is 139 cm³/mol. The second-order valence-electron chi connectivity index (χ2n) is 8.89. The van der Waals surface area contributed by atoms with Crippen LogP contribution >= 0.6 is 0 Å². The minimum Gasteiger partial charge on any atom is -0.496 e. The topological polar surface area (TPSA) is 158 Å². The third kappa shape index (κ3) is 4.21. The molecule has 0 radical (unpaired) electrons. The van der Waals surface area contributed by atoms with E-state index in [9.17, 15) is 4.79 Å². The fourth-order valence-corrected chi connectivity index (χ4v) is 4.74. The molecule has 5 rings (SSSR count). The van der Waals surface area contributed by atoms with Gasteiger partial charge in [0.2, 0.25) is 0 Å². The minimum atomic E-state index is -0.315. The summed E-state index contributed by atoms with van der Waals surface area (Å²) in [5.74, 6) is 0.457. The average Bonchev–Trinajstić information content (AvgIpc) is 3.56. The van der Waals surface area contributed by atoms with Gasteiger partial charge in [-0.05, 0) is 24.5 Å². The van der Waals surface area contributed by atoms with Crippen LogP contribution in [0.25, 0.3) is 22.3 Å². The highest BCUT2D eigenvalue weighted by atomic mass is 16.5. The summed E-state index contributed by atoms with van der Waals surface area (Å²) in [5.41, 5.74) is 16.6. The quantitative estimate of drug-likeness (QED) is 0.230. The Morgan fingerprint density at radius 3 is 2.64 bits per heavy atom.